The molecular formula is C19H20ClFN2O2. The Labute approximate surface area is 151 Å². The summed E-state index contributed by atoms with van der Waals surface area (Å²) in [5.74, 6) is -1.49. The first kappa shape index (κ1) is 18.9. The molecule has 0 aromatic heterocycles. The topological polar surface area (TPSA) is 58.2 Å². The minimum Gasteiger partial charge on any atom is -0.340 e. The summed E-state index contributed by atoms with van der Waals surface area (Å²) < 4.78 is 13.7. The summed E-state index contributed by atoms with van der Waals surface area (Å²) >= 11 is 5.82. The van der Waals surface area contributed by atoms with E-state index < -0.39 is 17.8 Å². The van der Waals surface area contributed by atoms with E-state index in [1.807, 2.05) is 13.8 Å². The van der Waals surface area contributed by atoms with Gasteiger partial charge in [0, 0.05) is 10.6 Å². The van der Waals surface area contributed by atoms with Crippen molar-refractivity contribution in [1.29, 1.82) is 0 Å². The lowest BCUT2D eigenvalue weighted by Crippen LogP contribution is -2.47. The maximum absolute atomic E-state index is 13.7. The first-order valence-corrected chi connectivity index (χ1v) is 8.42. The molecule has 0 aliphatic heterocycles. The van der Waals surface area contributed by atoms with E-state index in [0.717, 1.165) is 0 Å². The molecule has 0 saturated carbocycles. The summed E-state index contributed by atoms with van der Waals surface area (Å²) in [5.41, 5.74) is 0.484. The maximum atomic E-state index is 13.7. The fourth-order valence-electron chi connectivity index (χ4n) is 2.30. The molecule has 6 heteroatoms. The second-order valence-electron chi connectivity index (χ2n) is 5.81. The molecule has 0 aliphatic carbocycles. The van der Waals surface area contributed by atoms with Crippen molar-refractivity contribution >= 4 is 29.1 Å². The van der Waals surface area contributed by atoms with Crippen LogP contribution in [0, 0.1) is 11.7 Å². The zero-order valence-corrected chi connectivity index (χ0v) is 14.8. The molecule has 0 radical (unpaired) electrons. The van der Waals surface area contributed by atoms with Gasteiger partial charge in [-0.15, -0.1) is 0 Å². The highest BCUT2D eigenvalue weighted by Gasteiger charge is 2.27. The monoisotopic (exact) mass is 362 g/mol. The van der Waals surface area contributed by atoms with Gasteiger partial charge in [-0.3, -0.25) is 9.59 Å². The standard InChI is InChI=1S/C19H20ClFN2O2/c1-3-12(2)17(19(25)22-16-7-5-4-6-15(16)21)23-18(24)13-8-10-14(20)11-9-13/h4-12,17H,3H2,1-2H3,(H,22,25)(H,23,24)/t12-,17+/m1/s1. The van der Waals surface area contributed by atoms with Crippen molar-refractivity contribution in [1.82, 2.24) is 5.32 Å². The summed E-state index contributed by atoms with van der Waals surface area (Å²) in [6.07, 6.45) is 0.677. The zero-order chi connectivity index (χ0) is 18.4. The van der Waals surface area contributed by atoms with Crippen LogP contribution in [-0.2, 0) is 4.79 Å². The lowest BCUT2D eigenvalue weighted by molar-refractivity contribution is -0.119. The van der Waals surface area contributed by atoms with E-state index in [4.69, 9.17) is 11.6 Å². The number of nitrogens with one attached hydrogen (secondary N) is 2. The van der Waals surface area contributed by atoms with Gasteiger partial charge in [-0.05, 0) is 42.3 Å². The number of carbonyl (C=O) groups excluding carboxylic acids is 2. The number of hydrogen-bond acceptors (Lipinski definition) is 2. The largest absolute Gasteiger partial charge is 0.340 e. The Morgan fingerprint density at radius 1 is 1.12 bits per heavy atom. The highest BCUT2D eigenvalue weighted by molar-refractivity contribution is 6.30. The van der Waals surface area contributed by atoms with Crippen molar-refractivity contribution < 1.29 is 14.0 Å². The predicted octanol–water partition coefficient (Wildman–Crippen LogP) is 4.26. The molecule has 132 valence electrons. The predicted molar refractivity (Wildman–Crippen MR) is 97.2 cm³/mol. The summed E-state index contributed by atoms with van der Waals surface area (Å²) in [4.78, 5) is 25.0. The minimum absolute atomic E-state index is 0.0848. The average molecular weight is 363 g/mol. The van der Waals surface area contributed by atoms with Crippen LogP contribution < -0.4 is 10.6 Å². The quantitative estimate of drug-likeness (QED) is 0.806. The molecule has 2 amide bonds. The normalized spacial score (nSPS) is 13.0. The molecule has 25 heavy (non-hydrogen) atoms. The molecule has 0 aliphatic rings. The van der Waals surface area contributed by atoms with Gasteiger partial charge in [0.05, 0.1) is 5.69 Å². The number of anilines is 1. The van der Waals surface area contributed by atoms with Crippen molar-refractivity contribution in [2.45, 2.75) is 26.3 Å². The van der Waals surface area contributed by atoms with Crippen molar-refractivity contribution in [2.75, 3.05) is 5.32 Å². The van der Waals surface area contributed by atoms with Crippen LogP contribution in [0.3, 0.4) is 0 Å². The molecule has 0 unspecified atom stereocenters. The summed E-state index contributed by atoms with van der Waals surface area (Å²) in [5, 5.41) is 5.79. The molecular weight excluding hydrogens is 343 g/mol. The van der Waals surface area contributed by atoms with Crippen LogP contribution >= 0.6 is 11.6 Å². The molecule has 0 fully saturated rings. The second kappa shape index (κ2) is 8.62. The minimum atomic E-state index is -0.784. The Balaban J connectivity index is 2.15. The number of halogens is 2. The summed E-state index contributed by atoms with van der Waals surface area (Å²) in [7, 11) is 0. The van der Waals surface area contributed by atoms with Crippen LogP contribution in [0.5, 0.6) is 0 Å². The molecule has 4 nitrogen and oxygen atoms in total. The second-order valence-corrected chi connectivity index (χ2v) is 6.25. The Hall–Kier alpha value is -2.40. The molecule has 0 spiro atoms. The Kier molecular flexibility index (Phi) is 6.53. The van der Waals surface area contributed by atoms with Gasteiger partial charge in [0.15, 0.2) is 0 Å². The number of benzene rings is 2. The number of amides is 2. The first-order valence-electron chi connectivity index (χ1n) is 8.04. The van der Waals surface area contributed by atoms with Crippen LogP contribution in [0.15, 0.2) is 48.5 Å². The Morgan fingerprint density at radius 3 is 2.36 bits per heavy atom. The highest BCUT2D eigenvalue weighted by atomic mass is 35.5. The lowest BCUT2D eigenvalue weighted by atomic mass is 9.97. The summed E-state index contributed by atoms with van der Waals surface area (Å²) in [6, 6.07) is 11.5. The van der Waals surface area contributed by atoms with E-state index in [9.17, 15) is 14.0 Å². The lowest BCUT2D eigenvalue weighted by Gasteiger charge is -2.23. The molecule has 2 atom stereocenters. The average Bonchev–Trinajstić information content (AvgIpc) is 2.61. The van der Waals surface area contributed by atoms with E-state index in [0.29, 0.717) is 17.0 Å². The molecule has 2 rings (SSSR count). The number of carbonyl (C=O) groups is 2. The smallest absolute Gasteiger partial charge is 0.251 e. The van der Waals surface area contributed by atoms with E-state index in [1.54, 1.807) is 36.4 Å². The van der Waals surface area contributed by atoms with Gasteiger partial charge in [-0.1, -0.05) is 44.0 Å². The van der Waals surface area contributed by atoms with Crippen LogP contribution in [0.2, 0.25) is 5.02 Å². The fraction of sp³-hybridized carbons (Fsp3) is 0.263. The van der Waals surface area contributed by atoms with Crippen molar-refractivity contribution in [3.8, 4) is 0 Å². The highest BCUT2D eigenvalue weighted by Crippen LogP contribution is 2.16. The van der Waals surface area contributed by atoms with Crippen LogP contribution in [0.1, 0.15) is 30.6 Å². The molecule has 2 N–H and O–H groups in total. The van der Waals surface area contributed by atoms with E-state index in [-0.39, 0.29) is 17.5 Å². The van der Waals surface area contributed by atoms with Crippen molar-refractivity contribution in [3.63, 3.8) is 0 Å². The van der Waals surface area contributed by atoms with E-state index in [1.165, 1.54) is 12.1 Å². The molecule has 0 bridgehead atoms. The fourth-order valence-corrected chi connectivity index (χ4v) is 2.43. The van der Waals surface area contributed by atoms with E-state index in [2.05, 4.69) is 10.6 Å². The molecule has 0 saturated heterocycles. The maximum Gasteiger partial charge on any atom is 0.251 e. The Morgan fingerprint density at radius 2 is 1.76 bits per heavy atom. The zero-order valence-electron chi connectivity index (χ0n) is 14.1. The van der Waals surface area contributed by atoms with Crippen molar-refractivity contribution in [2.24, 2.45) is 5.92 Å². The molecule has 0 heterocycles. The van der Waals surface area contributed by atoms with Gasteiger partial charge in [-0.2, -0.15) is 0 Å². The first-order chi connectivity index (χ1) is 11.9. The van der Waals surface area contributed by atoms with Crippen molar-refractivity contribution in [3.05, 3.63) is 64.9 Å². The number of hydrogen-bond donors (Lipinski definition) is 2. The van der Waals surface area contributed by atoms with Gasteiger partial charge >= 0.3 is 0 Å². The van der Waals surface area contributed by atoms with Gasteiger partial charge in [0.1, 0.15) is 11.9 Å². The van der Waals surface area contributed by atoms with Crippen LogP contribution in [0.4, 0.5) is 10.1 Å². The number of rotatable bonds is 6. The van der Waals surface area contributed by atoms with E-state index >= 15 is 0 Å². The van der Waals surface area contributed by atoms with Gasteiger partial charge in [-0.25, -0.2) is 4.39 Å². The third-order valence-electron chi connectivity index (χ3n) is 4.02. The molecule has 2 aromatic carbocycles. The third kappa shape index (κ3) is 5.03. The van der Waals surface area contributed by atoms with Crippen LogP contribution in [-0.4, -0.2) is 17.9 Å². The molecule has 2 aromatic rings. The SMILES string of the molecule is CC[C@@H](C)[C@H](NC(=O)c1ccc(Cl)cc1)C(=O)Nc1ccccc1F. The third-order valence-corrected chi connectivity index (χ3v) is 4.27. The van der Waals surface area contributed by atoms with Crippen LogP contribution in [0.25, 0.3) is 0 Å². The Bertz CT molecular complexity index is 749. The van der Waals surface area contributed by atoms with Gasteiger partial charge in [0.25, 0.3) is 5.91 Å². The van der Waals surface area contributed by atoms with Gasteiger partial charge in [0.2, 0.25) is 5.91 Å². The van der Waals surface area contributed by atoms with Gasteiger partial charge < -0.3 is 10.6 Å². The number of para-hydroxylation sites is 1. The summed E-state index contributed by atoms with van der Waals surface area (Å²) in [6.45, 7) is 3.77.